The first-order chi connectivity index (χ1) is 15.3. The number of nitrogens with one attached hydrogen (secondary N) is 3. The molecular formula is C24H32N4O3S. The third kappa shape index (κ3) is 5.62. The Morgan fingerprint density at radius 3 is 2.56 bits per heavy atom. The topological polar surface area (TPSA) is 74.9 Å². The second kappa shape index (κ2) is 10.5. The first kappa shape index (κ1) is 23.7. The van der Waals surface area contributed by atoms with Crippen LogP contribution in [-0.4, -0.2) is 49.4 Å². The summed E-state index contributed by atoms with van der Waals surface area (Å²) in [5.41, 5.74) is 4.24. The van der Waals surface area contributed by atoms with Crippen molar-refractivity contribution in [2.24, 2.45) is 0 Å². The minimum Gasteiger partial charge on any atom is -0.493 e. The number of fused-ring (bicyclic) bond motifs is 1. The van der Waals surface area contributed by atoms with E-state index in [0.717, 1.165) is 28.8 Å². The van der Waals surface area contributed by atoms with Crippen LogP contribution in [-0.2, 0) is 6.42 Å². The van der Waals surface area contributed by atoms with Gasteiger partial charge in [-0.05, 0) is 80.4 Å². The van der Waals surface area contributed by atoms with E-state index in [1.165, 1.54) is 0 Å². The van der Waals surface area contributed by atoms with Crippen LogP contribution in [0.25, 0.3) is 0 Å². The molecule has 3 rings (SSSR count). The minimum atomic E-state index is -0.213. The molecule has 7 nitrogen and oxygen atoms in total. The van der Waals surface area contributed by atoms with Crippen molar-refractivity contribution in [3.05, 3.63) is 53.1 Å². The molecular weight excluding hydrogens is 424 g/mol. The number of carbonyl (C=O) groups excluding carboxylic acids is 1. The normalized spacial score (nSPS) is 15.1. The minimum absolute atomic E-state index is 0.0481. The van der Waals surface area contributed by atoms with E-state index in [-0.39, 0.29) is 18.1 Å². The molecule has 0 aromatic heterocycles. The van der Waals surface area contributed by atoms with Gasteiger partial charge in [-0.25, -0.2) is 4.79 Å². The average Bonchev–Trinajstić information content (AvgIpc) is 2.75. The largest absolute Gasteiger partial charge is 0.493 e. The number of hydrogen-bond donors (Lipinski definition) is 3. The van der Waals surface area contributed by atoms with E-state index < -0.39 is 0 Å². The lowest BCUT2D eigenvalue weighted by Crippen LogP contribution is -2.50. The zero-order chi connectivity index (χ0) is 23.3. The lowest BCUT2D eigenvalue weighted by Gasteiger charge is -2.38. The van der Waals surface area contributed by atoms with Crippen LogP contribution in [0.1, 0.15) is 36.6 Å². The van der Waals surface area contributed by atoms with Gasteiger partial charge in [-0.2, -0.15) is 0 Å². The monoisotopic (exact) mass is 456 g/mol. The van der Waals surface area contributed by atoms with Gasteiger partial charge in [0.25, 0.3) is 0 Å². The number of urea groups is 1. The van der Waals surface area contributed by atoms with Crippen molar-refractivity contribution < 1.29 is 14.3 Å². The molecule has 32 heavy (non-hydrogen) atoms. The van der Waals surface area contributed by atoms with Crippen molar-refractivity contribution in [1.29, 1.82) is 0 Å². The fourth-order valence-corrected chi connectivity index (χ4v) is 4.11. The number of thiocarbonyl (C=S) groups is 1. The van der Waals surface area contributed by atoms with Gasteiger partial charge in [-0.15, -0.1) is 0 Å². The summed E-state index contributed by atoms with van der Waals surface area (Å²) in [6.45, 7) is 7.01. The second-order valence-electron chi connectivity index (χ2n) is 8.17. The predicted molar refractivity (Wildman–Crippen MR) is 132 cm³/mol. The van der Waals surface area contributed by atoms with Gasteiger partial charge in [0.2, 0.25) is 0 Å². The van der Waals surface area contributed by atoms with Crippen LogP contribution in [0.5, 0.6) is 11.5 Å². The fourth-order valence-electron chi connectivity index (χ4n) is 3.91. The Morgan fingerprint density at radius 2 is 1.91 bits per heavy atom. The summed E-state index contributed by atoms with van der Waals surface area (Å²) in [7, 11) is 3.24. The van der Waals surface area contributed by atoms with Gasteiger partial charge < -0.3 is 30.3 Å². The van der Waals surface area contributed by atoms with E-state index in [0.29, 0.717) is 29.7 Å². The first-order valence-corrected chi connectivity index (χ1v) is 11.2. The van der Waals surface area contributed by atoms with E-state index in [1.807, 2.05) is 62.1 Å². The molecule has 0 spiro atoms. The number of methoxy groups -OCH3 is 2. The standard InChI is InChI=1S/C24H32N4O3S/c1-15(2)26-24(29)28-10-9-17-12-21(30-4)22(31-5)13-19(17)20(28)14-25-23(32)27-18-8-6-7-16(3)11-18/h6-8,11-13,15,20H,9-10,14H2,1-5H3,(H,26,29)(H2,25,27,32). The number of aryl methyl sites for hydroxylation is 1. The molecule has 2 amide bonds. The Kier molecular flexibility index (Phi) is 7.80. The predicted octanol–water partition coefficient (Wildman–Crippen LogP) is 4.02. The number of benzene rings is 2. The summed E-state index contributed by atoms with van der Waals surface area (Å²) in [5.74, 6) is 1.33. The molecule has 8 heteroatoms. The Balaban J connectivity index is 1.84. The Hall–Kier alpha value is -3.00. The van der Waals surface area contributed by atoms with Crippen molar-refractivity contribution in [3.8, 4) is 11.5 Å². The van der Waals surface area contributed by atoms with Crippen LogP contribution in [0, 0.1) is 6.92 Å². The highest BCUT2D eigenvalue weighted by atomic mass is 32.1. The van der Waals surface area contributed by atoms with Crippen molar-refractivity contribution >= 4 is 29.0 Å². The summed E-state index contributed by atoms with van der Waals surface area (Å²) in [6.07, 6.45) is 0.740. The van der Waals surface area contributed by atoms with E-state index in [9.17, 15) is 4.79 Å². The molecule has 1 aliphatic heterocycles. The Morgan fingerprint density at radius 1 is 1.19 bits per heavy atom. The first-order valence-electron chi connectivity index (χ1n) is 10.8. The van der Waals surface area contributed by atoms with Gasteiger partial charge >= 0.3 is 6.03 Å². The molecule has 1 unspecified atom stereocenters. The van der Waals surface area contributed by atoms with Crippen molar-refractivity contribution in [1.82, 2.24) is 15.5 Å². The Bertz CT molecular complexity index is 980. The number of hydrogen-bond acceptors (Lipinski definition) is 4. The van der Waals surface area contributed by atoms with E-state index in [1.54, 1.807) is 14.2 Å². The maximum Gasteiger partial charge on any atom is 0.318 e. The number of ether oxygens (including phenoxy) is 2. The number of carbonyl (C=O) groups is 1. The summed E-state index contributed by atoms with van der Waals surface area (Å²) in [6, 6.07) is 11.7. The third-order valence-corrected chi connectivity index (χ3v) is 5.65. The summed E-state index contributed by atoms with van der Waals surface area (Å²) < 4.78 is 11.0. The molecule has 1 heterocycles. The SMILES string of the molecule is COc1cc2c(cc1OC)C(CNC(=S)Nc1cccc(C)c1)N(C(=O)NC(C)C)CC2. The summed E-state index contributed by atoms with van der Waals surface area (Å²) in [5, 5.41) is 10.0. The molecule has 1 atom stereocenters. The molecule has 3 N–H and O–H groups in total. The number of anilines is 1. The zero-order valence-electron chi connectivity index (χ0n) is 19.3. The molecule has 0 radical (unpaired) electrons. The van der Waals surface area contributed by atoms with Crippen LogP contribution >= 0.6 is 12.2 Å². The number of rotatable bonds is 6. The van der Waals surface area contributed by atoms with Gasteiger partial charge in [0, 0.05) is 24.8 Å². The lowest BCUT2D eigenvalue weighted by molar-refractivity contribution is 0.167. The van der Waals surface area contributed by atoms with Gasteiger partial charge in [-0.1, -0.05) is 12.1 Å². The van der Waals surface area contributed by atoms with Gasteiger partial charge in [-0.3, -0.25) is 0 Å². The van der Waals surface area contributed by atoms with Crippen LogP contribution in [0.3, 0.4) is 0 Å². The molecule has 0 saturated carbocycles. The smallest absolute Gasteiger partial charge is 0.318 e. The maximum atomic E-state index is 13.0. The second-order valence-corrected chi connectivity index (χ2v) is 8.58. The van der Waals surface area contributed by atoms with Gasteiger partial charge in [0.1, 0.15) is 0 Å². The molecule has 0 saturated heterocycles. The molecule has 0 bridgehead atoms. The number of amides is 2. The van der Waals surface area contributed by atoms with Crippen molar-refractivity contribution in [3.63, 3.8) is 0 Å². The van der Waals surface area contributed by atoms with Crippen LogP contribution in [0.2, 0.25) is 0 Å². The van der Waals surface area contributed by atoms with Crippen LogP contribution in [0.15, 0.2) is 36.4 Å². The zero-order valence-corrected chi connectivity index (χ0v) is 20.1. The molecule has 2 aromatic carbocycles. The molecule has 172 valence electrons. The molecule has 2 aromatic rings. The fraction of sp³-hybridized carbons (Fsp3) is 0.417. The van der Waals surface area contributed by atoms with Crippen molar-refractivity contribution in [2.75, 3.05) is 32.6 Å². The average molecular weight is 457 g/mol. The third-order valence-electron chi connectivity index (χ3n) is 5.41. The highest BCUT2D eigenvalue weighted by Crippen LogP contribution is 2.38. The van der Waals surface area contributed by atoms with Crippen LogP contribution < -0.4 is 25.4 Å². The van der Waals surface area contributed by atoms with Gasteiger partial charge in [0.05, 0.1) is 20.3 Å². The maximum absolute atomic E-state index is 13.0. The Labute approximate surface area is 195 Å². The van der Waals surface area contributed by atoms with Crippen molar-refractivity contribution in [2.45, 2.75) is 39.3 Å². The number of nitrogens with zero attached hydrogens (tertiary/aromatic N) is 1. The van der Waals surface area contributed by atoms with E-state index in [4.69, 9.17) is 21.7 Å². The summed E-state index contributed by atoms with van der Waals surface area (Å²) in [4.78, 5) is 14.8. The quantitative estimate of drug-likeness (QED) is 0.570. The molecule has 0 aliphatic carbocycles. The highest BCUT2D eigenvalue weighted by molar-refractivity contribution is 7.80. The van der Waals surface area contributed by atoms with Gasteiger partial charge in [0.15, 0.2) is 16.6 Å². The molecule has 1 aliphatic rings. The van der Waals surface area contributed by atoms with Crippen LogP contribution in [0.4, 0.5) is 10.5 Å². The van der Waals surface area contributed by atoms with E-state index >= 15 is 0 Å². The van der Waals surface area contributed by atoms with E-state index in [2.05, 4.69) is 16.0 Å². The summed E-state index contributed by atoms with van der Waals surface area (Å²) >= 11 is 5.52. The highest BCUT2D eigenvalue weighted by Gasteiger charge is 2.32. The lowest BCUT2D eigenvalue weighted by atomic mass is 9.92. The molecule has 0 fully saturated rings.